The van der Waals surface area contributed by atoms with Crippen molar-refractivity contribution in [3.8, 4) is 0 Å². The van der Waals surface area contributed by atoms with Crippen molar-refractivity contribution in [1.29, 1.82) is 0 Å². The number of thioether (sulfide) groups is 1. The molecule has 8 heteroatoms. The van der Waals surface area contributed by atoms with Crippen LogP contribution in [-0.4, -0.2) is 31.4 Å². The summed E-state index contributed by atoms with van der Waals surface area (Å²) in [4.78, 5) is 23.6. The molecule has 0 bridgehead atoms. The first-order valence-electron chi connectivity index (χ1n) is 6.79. The maximum atomic E-state index is 13.7. The predicted molar refractivity (Wildman–Crippen MR) is 83.1 cm³/mol. The highest BCUT2D eigenvalue weighted by atomic mass is 32.2. The summed E-state index contributed by atoms with van der Waals surface area (Å²) in [6, 6.07) is 2.24. The van der Waals surface area contributed by atoms with E-state index in [2.05, 4.69) is 5.32 Å². The third kappa shape index (κ3) is 4.95. The number of esters is 2. The molecule has 0 aliphatic rings. The third-order valence-corrected chi connectivity index (χ3v) is 3.42. The lowest BCUT2D eigenvalue weighted by Crippen LogP contribution is -2.19. The Morgan fingerprint density at radius 1 is 1.17 bits per heavy atom. The fraction of sp³-hybridized carbons (Fsp3) is 0.333. The zero-order valence-corrected chi connectivity index (χ0v) is 13.8. The Balaban J connectivity index is 3.12. The van der Waals surface area contributed by atoms with Crippen molar-refractivity contribution >= 4 is 29.4 Å². The van der Waals surface area contributed by atoms with Gasteiger partial charge < -0.3 is 14.8 Å². The van der Waals surface area contributed by atoms with Gasteiger partial charge in [-0.3, -0.25) is 0 Å². The molecule has 0 saturated carbocycles. The van der Waals surface area contributed by atoms with E-state index in [4.69, 9.17) is 9.47 Å². The van der Waals surface area contributed by atoms with Gasteiger partial charge in [0.25, 0.3) is 0 Å². The molecule has 0 atom stereocenters. The summed E-state index contributed by atoms with van der Waals surface area (Å²) in [6.07, 6.45) is 2.63. The monoisotopic (exact) mass is 345 g/mol. The number of rotatable bonds is 7. The molecule has 1 rings (SSSR count). The molecule has 0 saturated heterocycles. The first-order valence-corrected chi connectivity index (χ1v) is 8.01. The van der Waals surface area contributed by atoms with Crippen molar-refractivity contribution in [3.05, 3.63) is 35.5 Å². The molecule has 23 heavy (non-hydrogen) atoms. The third-order valence-electron chi connectivity index (χ3n) is 2.62. The zero-order chi connectivity index (χ0) is 17.4. The van der Waals surface area contributed by atoms with Crippen molar-refractivity contribution in [2.24, 2.45) is 0 Å². The standard InChI is InChI=1S/C15H17F2NO4S/c1-4-21-14(19)9(15(20)22-5-2)8-18-11-7-6-10(16)12(17)13(11)23-3/h6-8,18H,4-5H2,1-3H3. The molecule has 0 unspecified atom stereocenters. The molecule has 0 spiro atoms. The maximum Gasteiger partial charge on any atom is 0.347 e. The van der Waals surface area contributed by atoms with Crippen molar-refractivity contribution < 1.29 is 27.8 Å². The Bertz CT molecular complexity index is 600. The van der Waals surface area contributed by atoms with Gasteiger partial charge in [0, 0.05) is 6.20 Å². The lowest BCUT2D eigenvalue weighted by atomic mass is 10.2. The van der Waals surface area contributed by atoms with E-state index in [1.54, 1.807) is 20.1 Å². The van der Waals surface area contributed by atoms with Gasteiger partial charge in [0.05, 0.1) is 23.8 Å². The van der Waals surface area contributed by atoms with Crippen LogP contribution in [-0.2, 0) is 19.1 Å². The molecule has 126 valence electrons. The largest absolute Gasteiger partial charge is 0.462 e. The number of hydrogen-bond acceptors (Lipinski definition) is 6. The van der Waals surface area contributed by atoms with E-state index in [1.807, 2.05) is 0 Å². The number of ether oxygens (including phenoxy) is 2. The molecule has 0 radical (unpaired) electrons. The van der Waals surface area contributed by atoms with E-state index >= 15 is 0 Å². The van der Waals surface area contributed by atoms with E-state index in [-0.39, 0.29) is 29.4 Å². The molecular weight excluding hydrogens is 328 g/mol. The fourth-order valence-corrected chi connectivity index (χ4v) is 2.24. The van der Waals surface area contributed by atoms with Gasteiger partial charge in [0.2, 0.25) is 0 Å². The summed E-state index contributed by atoms with van der Waals surface area (Å²) in [7, 11) is 0. The number of carbonyl (C=O) groups excluding carboxylic acids is 2. The van der Waals surface area contributed by atoms with E-state index in [0.29, 0.717) is 0 Å². The molecule has 0 fully saturated rings. The molecule has 0 aromatic heterocycles. The second kappa shape index (κ2) is 9.14. The topological polar surface area (TPSA) is 64.6 Å². The van der Waals surface area contributed by atoms with Crippen LogP contribution < -0.4 is 5.32 Å². The number of halogens is 2. The van der Waals surface area contributed by atoms with Gasteiger partial charge in [-0.25, -0.2) is 18.4 Å². The van der Waals surface area contributed by atoms with Crippen LogP contribution in [0.25, 0.3) is 0 Å². The Labute approximate surface area is 137 Å². The van der Waals surface area contributed by atoms with Gasteiger partial charge in [-0.15, -0.1) is 11.8 Å². The predicted octanol–water partition coefficient (Wildman–Crippen LogP) is 3.11. The molecule has 0 aliphatic carbocycles. The van der Waals surface area contributed by atoms with Crippen LogP contribution in [0.1, 0.15) is 13.8 Å². The second-order valence-corrected chi connectivity index (χ2v) is 4.90. The molecule has 0 amide bonds. The lowest BCUT2D eigenvalue weighted by Gasteiger charge is -2.11. The Hall–Kier alpha value is -2.09. The van der Waals surface area contributed by atoms with Crippen LogP contribution in [0.2, 0.25) is 0 Å². The van der Waals surface area contributed by atoms with Gasteiger partial charge in [-0.05, 0) is 32.2 Å². The molecule has 1 N–H and O–H groups in total. The number of hydrogen-bond donors (Lipinski definition) is 1. The lowest BCUT2D eigenvalue weighted by molar-refractivity contribution is -0.146. The number of anilines is 1. The van der Waals surface area contributed by atoms with Gasteiger partial charge in [0.1, 0.15) is 0 Å². The van der Waals surface area contributed by atoms with Gasteiger partial charge in [-0.2, -0.15) is 0 Å². The normalized spacial score (nSPS) is 9.96. The molecule has 1 aromatic rings. The van der Waals surface area contributed by atoms with Gasteiger partial charge in [0.15, 0.2) is 17.2 Å². The molecule has 1 aromatic carbocycles. The summed E-state index contributed by atoms with van der Waals surface area (Å²) >= 11 is 0.986. The molecule has 5 nitrogen and oxygen atoms in total. The highest BCUT2D eigenvalue weighted by Gasteiger charge is 2.21. The highest BCUT2D eigenvalue weighted by molar-refractivity contribution is 7.98. The summed E-state index contributed by atoms with van der Waals surface area (Å²) < 4.78 is 36.5. The SMILES string of the molecule is CCOC(=O)C(=CNc1ccc(F)c(F)c1SC)C(=O)OCC. The van der Waals surface area contributed by atoms with Crippen molar-refractivity contribution in [1.82, 2.24) is 0 Å². The highest BCUT2D eigenvalue weighted by Crippen LogP contribution is 2.30. The summed E-state index contributed by atoms with van der Waals surface area (Å²) in [6.45, 7) is 3.35. The van der Waals surface area contributed by atoms with E-state index in [9.17, 15) is 18.4 Å². The van der Waals surface area contributed by atoms with E-state index in [0.717, 1.165) is 24.0 Å². The zero-order valence-electron chi connectivity index (χ0n) is 12.9. The van der Waals surface area contributed by atoms with Crippen molar-refractivity contribution in [2.75, 3.05) is 24.8 Å². The number of benzene rings is 1. The summed E-state index contributed by atoms with van der Waals surface area (Å²) in [5.74, 6) is -3.73. The second-order valence-electron chi connectivity index (χ2n) is 4.09. The summed E-state index contributed by atoms with van der Waals surface area (Å²) in [5, 5.41) is 2.62. The van der Waals surface area contributed by atoms with Crippen LogP contribution in [0, 0.1) is 11.6 Å². The van der Waals surface area contributed by atoms with Crippen LogP contribution in [0.15, 0.2) is 28.8 Å². The Kier molecular flexibility index (Phi) is 7.53. The Morgan fingerprint density at radius 3 is 2.22 bits per heavy atom. The van der Waals surface area contributed by atoms with Gasteiger partial charge in [-0.1, -0.05) is 0 Å². The van der Waals surface area contributed by atoms with Crippen LogP contribution in [0.3, 0.4) is 0 Å². The van der Waals surface area contributed by atoms with Crippen molar-refractivity contribution in [3.63, 3.8) is 0 Å². The number of carbonyl (C=O) groups is 2. The fourth-order valence-electron chi connectivity index (χ4n) is 1.61. The average molecular weight is 345 g/mol. The van der Waals surface area contributed by atoms with E-state index in [1.165, 1.54) is 6.07 Å². The van der Waals surface area contributed by atoms with E-state index < -0.39 is 23.6 Å². The summed E-state index contributed by atoms with van der Waals surface area (Å²) in [5.41, 5.74) is -0.159. The minimum Gasteiger partial charge on any atom is -0.462 e. The van der Waals surface area contributed by atoms with Crippen LogP contribution in [0.4, 0.5) is 14.5 Å². The quantitative estimate of drug-likeness (QED) is 0.269. The van der Waals surface area contributed by atoms with Gasteiger partial charge >= 0.3 is 11.9 Å². The Morgan fingerprint density at radius 2 is 1.74 bits per heavy atom. The van der Waals surface area contributed by atoms with Crippen LogP contribution >= 0.6 is 11.8 Å². The number of nitrogens with one attached hydrogen (secondary N) is 1. The van der Waals surface area contributed by atoms with Crippen molar-refractivity contribution in [2.45, 2.75) is 18.7 Å². The average Bonchev–Trinajstić information content (AvgIpc) is 2.51. The first kappa shape index (κ1) is 19.0. The molecule has 0 aliphatic heterocycles. The smallest absolute Gasteiger partial charge is 0.347 e. The van der Waals surface area contributed by atoms with Crippen LogP contribution in [0.5, 0.6) is 0 Å². The molecule has 0 heterocycles. The minimum atomic E-state index is -1.01. The minimum absolute atomic E-state index is 0.0216. The first-order chi connectivity index (χ1) is 11.0. The maximum absolute atomic E-state index is 13.7. The molecular formula is C15H17F2NO4S.